The summed E-state index contributed by atoms with van der Waals surface area (Å²) in [6.07, 6.45) is 0.548. The number of urea groups is 1. The van der Waals surface area contributed by atoms with Crippen molar-refractivity contribution in [2.75, 3.05) is 46.4 Å². The highest BCUT2D eigenvalue weighted by Gasteiger charge is 2.31. The summed E-state index contributed by atoms with van der Waals surface area (Å²) in [5.41, 5.74) is 0. The molecule has 0 aromatic heterocycles. The van der Waals surface area contributed by atoms with E-state index in [-0.39, 0.29) is 12.1 Å². The van der Waals surface area contributed by atoms with Crippen molar-refractivity contribution in [2.24, 2.45) is 5.92 Å². The van der Waals surface area contributed by atoms with Crippen LogP contribution >= 0.6 is 0 Å². The fourth-order valence-electron chi connectivity index (χ4n) is 2.45. The third-order valence-corrected chi connectivity index (χ3v) is 3.65. The summed E-state index contributed by atoms with van der Waals surface area (Å²) in [6, 6.07) is -0.194. The number of aliphatic carboxylic acids is 1. The lowest BCUT2D eigenvalue weighted by Crippen LogP contribution is -2.48. The van der Waals surface area contributed by atoms with Gasteiger partial charge in [-0.25, -0.2) is 4.79 Å². The minimum Gasteiger partial charge on any atom is -0.481 e. The number of amides is 2. The molecule has 0 aromatic rings. The highest BCUT2D eigenvalue weighted by atomic mass is 16.5. The average Bonchev–Trinajstić information content (AvgIpc) is 2.86. The van der Waals surface area contributed by atoms with Crippen molar-refractivity contribution in [3.05, 3.63) is 0 Å². The van der Waals surface area contributed by atoms with E-state index in [1.807, 2.05) is 7.05 Å². The first-order chi connectivity index (χ1) is 9.06. The Morgan fingerprint density at radius 3 is 2.79 bits per heavy atom. The topological polar surface area (TPSA) is 82.1 Å². The van der Waals surface area contributed by atoms with Crippen molar-refractivity contribution in [2.45, 2.75) is 12.5 Å². The molecule has 0 aromatic carbocycles. The van der Waals surface area contributed by atoms with Crippen molar-refractivity contribution in [1.82, 2.24) is 15.1 Å². The molecule has 2 N–H and O–H groups in total. The van der Waals surface area contributed by atoms with Gasteiger partial charge in [0.1, 0.15) is 0 Å². The smallest absolute Gasteiger partial charge is 0.317 e. The Labute approximate surface area is 112 Å². The predicted octanol–water partition coefficient (Wildman–Crippen LogP) is -0.567. The molecule has 0 bridgehead atoms. The maximum atomic E-state index is 11.9. The summed E-state index contributed by atoms with van der Waals surface area (Å²) < 4.78 is 5.55. The molecule has 2 saturated heterocycles. The number of nitrogens with zero attached hydrogens (tertiary/aromatic N) is 2. The van der Waals surface area contributed by atoms with Gasteiger partial charge < -0.3 is 25.0 Å². The maximum Gasteiger partial charge on any atom is 0.317 e. The molecule has 2 atom stereocenters. The molecule has 2 aliphatic heterocycles. The van der Waals surface area contributed by atoms with Gasteiger partial charge in [-0.05, 0) is 13.5 Å². The fraction of sp³-hybridized carbons (Fsp3) is 0.833. The zero-order valence-electron chi connectivity index (χ0n) is 11.2. The van der Waals surface area contributed by atoms with Crippen molar-refractivity contribution in [1.29, 1.82) is 0 Å². The van der Waals surface area contributed by atoms with Crippen LogP contribution in [0, 0.1) is 5.92 Å². The van der Waals surface area contributed by atoms with Gasteiger partial charge in [0.05, 0.1) is 18.6 Å². The van der Waals surface area contributed by atoms with E-state index < -0.39 is 11.9 Å². The van der Waals surface area contributed by atoms with Gasteiger partial charge in [0.2, 0.25) is 0 Å². The van der Waals surface area contributed by atoms with E-state index in [1.165, 1.54) is 0 Å². The molecule has 7 heteroatoms. The molecule has 2 rings (SSSR count). The lowest BCUT2D eigenvalue weighted by atomic mass is 10.1. The Morgan fingerprint density at radius 1 is 1.37 bits per heavy atom. The molecule has 108 valence electrons. The van der Waals surface area contributed by atoms with Gasteiger partial charge in [-0.2, -0.15) is 0 Å². The number of ether oxygens (including phenoxy) is 1. The number of carboxylic acids is 1. The van der Waals surface area contributed by atoms with E-state index >= 15 is 0 Å². The van der Waals surface area contributed by atoms with E-state index in [2.05, 4.69) is 10.2 Å². The first-order valence-electron chi connectivity index (χ1n) is 6.62. The highest BCUT2D eigenvalue weighted by molar-refractivity contribution is 5.77. The second kappa shape index (κ2) is 6.21. The van der Waals surface area contributed by atoms with Crippen LogP contribution in [0.4, 0.5) is 4.79 Å². The number of likely N-dealkylation sites (tertiary alicyclic amines) is 1. The van der Waals surface area contributed by atoms with Crippen LogP contribution in [-0.2, 0) is 9.53 Å². The van der Waals surface area contributed by atoms with E-state index in [4.69, 9.17) is 9.84 Å². The van der Waals surface area contributed by atoms with Crippen molar-refractivity contribution >= 4 is 12.0 Å². The molecule has 2 fully saturated rings. The van der Waals surface area contributed by atoms with Crippen LogP contribution in [0.15, 0.2) is 0 Å². The molecule has 2 unspecified atom stereocenters. The molecule has 2 amide bonds. The lowest BCUT2D eigenvalue weighted by Gasteiger charge is -2.30. The molecular formula is C12H21N3O4. The second-order valence-electron chi connectivity index (χ2n) is 5.21. The molecule has 2 aliphatic rings. The zero-order valence-corrected chi connectivity index (χ0v) is 11.2. The largest absolute Gasteiger partial charge is 0.481 e. The number of carbonyl (C=O) groups excluding carboxylic acids is 1. The summed E-state index contributed by atoms with van der Waals surface area (Å²) in [7, 11) is 2.02. The lowest BCUT2D eigenvalue weighted by molar-refractivity contribution is -0.141. The Hall–Kier alpha value is -1.34. The van der Waals surface area contributed by atoms with E-state index in [0.29, 0.717) is 32.7 Å². The van der Waals surface area contributed by atoms with Crippen LogP contribution in [0.5, 0.6) is 0 Å². The van der Waals surface area contributed by atoms with Crippen molar-refractivity contribution < 1.29 is 19.4 Å². The van der Waals surface area contributed by atoms with Gasteiger partial charge >= 0.3 is 12.0 Å². The first-order valence-corrected chi connectivity index (χ1v) is 6.62. The molecule has 0 saturated carbocycles. The summed E-state index contributed by atoms with van der Waals surface area (Å²) in [5, 5.41) is 11.7. The number of rotatable bonds is 3. The molecule has 19 heavy (non-hydrogen) atoms. The standard InChI is InChI=1S/C12H21N3O4/c1-14-4-5-19-10(8-14)6-13-12(18)15-3-2-9(7-15)11(16)17/h9-10H,2-8H2,1H3,(H,13,18)(H,16,17). The van der Waals surface area contributed by atoms with Gasteiger partial charge in [0.25, 0.3) is 0 Å². The predicted molar refractivity (Wildman–Crippen MR) is 68.0 cm³/mol. The number of carboxylic acid groups (broad SMARTS) is 1. The first kappa shape index (κ1) is 14.1. The van der Waals surface area contributed by atoms with Gasteiger partial charge in [0, 0.05) is 32.7 Å². The number of carbonyl (C=O) groups is 2. The SMILES string of the molecule is CN1CCOC(CNC(=O)N2CCC(C(=O)O)C2)C1. The third kappa shape index (κ3) is 3.81. The number of morpholine rings is 1. The summed E-state index contributed by atoms with van der Waals surface area (Å²) in [6.45, 7) is 3.68. The van der Waals surface area contributed by atoms with E-state index in [9.17, 15) is 9.59 Å². The minimum absolute atomic E-state index is 0.0144. The maximum absolute atomic E-state index is 11.9. The fourth-order valence-corrected chi connectivity index (χ4v) is 2.45. The molecule has 2 heterocycles. The zero-order chi connectivity index (χ0) is 13.8. The second-order valence-corrected chi connectivity index (χ2v) is 5.21. The van der Waals surface area contributed by atoms with Crippen molar-refractivity contribution in [3.63, 3.8) is 0 Å². The van der Waals surface area contributed by atoms with Gasteiger partial charge in [0.15, 0.2) is 0 Å². The number of hydrogen-bond acceptors (Lipinski definition) is 4. The summed E-state index contributed by atoms with van der Waals surface area (Å²) in [5.74, 6) is -1.25. The van der Waals surface area contributed by atoms with Gasteiger partial charge in [-0.15, -0.1) is 0 Å². The van der Waals surface area contributed by atoms with Crippen molar-refractivity contribution in [3.8, 4) is 0 Å². The Bertz CT molecular complexity index is 350. The summed E-state index contributed by atoms with van der Waals surface area (Å²) >= 11 is 0. The Balaban J connectivity index is 1.71. The van der Waals surface area contributed by atoms with Crippen LogP contribution in [-0.4, -0.2) is 79.4 Å². The van der Waals surface area contributed by atoms with Crippen LogP contribution in [0.3, 0.4) is 0 Å². The summed E-state index contributed by atoms with van der Waals surface area (Å²) in [4.78, 5) is 26.4. The number of hydrogen-bond donors (Lipinski definition) is 2. The van der Waals surface area contributed by atoms with E-state index in [0.717, 1.165) is 13.1 Å². The number of likely N-dealkylation sites (N-methyl/N-ethyl adjacent to an activating group) is 1. The number of nitrogens with one attached hydrogen (secondary N) is 1. The molecule has 0 aliphatic carbocycles. The highest BCUT2D eigenvalue weighted by Crippen LogP contribution is 2.16. The monoisotopic (exact) mass is 271 g/mol. The molecule has 0 spiro atoms. The molecular weight excluding hydrogens is 250 g/mol. The normalized spacial score (nSPS) is 28.4. The average molecular weight is 271 g/mol. The third-order valence-electron chi connectivity index (χ3n) is 3.65. The molecule has 7 nitrogen and oxygen atoms in total. The van der Waals surface area contributed by atoms with Crippen LogP contribution in [0.2, 0.25) is 0 Å². The Morgan fingerprint density at radius 2 is 2.16 bits per heavy atom. The van der Waals surface area contributed by atoms with E-state index in [1.54, 1.807) is 4.90 Å². The quantitative estimate of drug-likeness (QED) is 0.718. The van der Waals surface area contributed by atoms with Crippen LogP contribution in [0.25, 0.3) is 0 Å². The van der Waals surface area contributed by atoms with Crippen LogP contribution in [0.1, 0.15) is 6.42 Å². The molecule has 0 radical (unpaired) electrons. The van der Waals surface area contributed by atoms with Gasteiger partial charge in [-0.3, -0.25) is 4.79 Å². The van der Waals surface area contributed by atoms with Crippen LogP contribution < -0.4 is 5.32 Å². The minimum atomic E-state index is -0.826. The van der Waals surface area contributed by atoms with Gasteiger partial charge in [-0.1, -0.05) is 0 Å². The Kier molecular flexibility index (Phi) is 4.60.